The van der Waals surface area contributed by atoms with E-state index in [0.717, 1.165) is 43.1 Å². The predicted molar refractivity (Wildman–Crippen MR) is 125 cm³/mol. The molecule has 0 spiro atoms. The zero-order valence-electron chi connectivity index (χ0n) is 19.8. The summed E-state index contributed by atoms with van der Waals surface area (Å²) in [6, 6.07) is 14.1. The van der Waals surface area contributed by atoms with Gasteiger partial charge in [0.1, 0.15) is 11.5 Å². The van der Waals surface area contributed by atoms with Gasteiger partial charge in [0, 0.05) is 0 Å². The Kier molecular flexibility index (Phi) is 10.3. The van der Waals surface area contributed by atoms with Crippen LogP contribution in [0.2, 0.25) is 0 Å². The van der Waals surface area contributed by atoms with Crippen LogP contribution in [0.1, 0.15) is 72.1 Å². The summed E-state index contributed by atoms with van der Waals surface area (Å²) in [7, 11) is 0. The number of rotatable bonds is 13. The number of unbranched alkanes of at least 4 members (excludes halogenated alkanes) is 5. The molecule has 0 heterocycles. The molecule has 2 rings (SSSR count). The van der Waals surface area contributed by atoms with Crippen LogP contribution >= 0.6 is 0 Å². The minimum absolute atomic E-state index is 0.0988. The molecule has 0 saturated heterocycles. The summed E-state index contributed by atoms with van der Waals surface area (Å²) in [5.74, 6) is -0.364. The van der Waals surface area contributed by atoms with Gasteiger partial charge in [-0.1, -0.05) is 76.6 Å². The van der Waals surface area contributed by atoms with Crippen molar-refractivity contribution in [3.05, 3.63) is 48.5 Å². The van der Waals surface area contributed by atoms with Gasteiger partial charge in [0.15, 0.2) is 5.41 Å². The molecule has 0 radical (unpaired) electrons. The molecule has 2 aromatic rings. The third-order valence-electron chi connectivity index (χ3n) is 5.88. The molecule has 1 unspecified atom stereocenters. The molecule has 0 bridgehead atoms. The molecular weight excluding hydrogens is 429 g/mol. The first-order valence-electron chi connectivity index (χ1n) is 11.8. The topological polar surface area (TPSA) is 35.5 Å². The van der Waals surface area contributed by atoms with E-state index < -0.39 is 17.6 Å². The van der Waals surface area contributed by atoms with Crippen molar-refractivity contribution in [3.63, 3.8) is 0 Å². The highest BCUT2D eigenvalue weighted by molar-refractivity contribution is 5.80. The number of hydrogen-bond donors (Lipinski definition) is 0. The van der Waals surface area contributed by atoms with Crippen molar-refractivity contribution in [3.8, 4) is 22.6 Å². The van der Waals surface area contributed by atoms with E-state index in [-0.39, 0.29) is 12.2 Å². The first kappa shape index (κ1) is 26.7. The summed E-state index contributed by atoms with van der Waals surface area (Å²) < 4.78 is 51.8. The summed E-state index contributed by atoms with van der Waals surface area (Å²) >= 11 is 0. The zero-order chi connectivity index (χ0) is 24.3. The van der Waals surface area contributed by atoms with E-state index in [1.54, 1.807) is 12.1 Å². The standard InChI is InChI=1S/C27H35F3O3/c1-4-6-8-10-20-32-23-15-11-21(12-16-23)22-13-17-24(18-14-22)33-25(31)26(3,27(28,29)30)19-9-7-5-2/h11-18H,4-10,19-20H2,1-3H3. The molecule has 0 fully saturated rings. The van der Waals surface area contributed by atoms with Gasteiger partial charge in [-0.05, 0) is 55.2 Å². The molecule has 0 N–H and O–H groups in total. The fourth-order valence-electron chi connectivity index (χ4n) is 3.49. The van der Waals surface area contributed by atoms with Gasteiger partial charge in [0.05, 0.1) is 6.61 Å². The molecule has 0 amide bonds. The quantitative estimate of drug-likeness (QED) is 0.170. The van der Waals surface area contributed by atoms with E-state index in [1.165, 1.54) is 25.0 Å². The first-order chi connectivity index (χ1) is 15.7. The molecule has 0 aliphatic rings. The van der Waals surface area contributed by atoms with Crippen LogP contribution in [-0.4, -0.2) is 18.8 Å². The number of esters is 1. The Balaban J connectivity index is 1.99. The van der Waals surface area contributed by atoms with E-state index >= 15 is 0 Å². The molecule has 0 aromatic heterocycles. The highest BCUT2D eigenvalue weighted by atomic mass is 19.4. The smallest absolute Gasteiger partial charge is 0.404 e. The number of carbonyl (C=O) groups excluding carboxylic acids is 1. The fraction of sp³-hybridized carbons (Fsp3) is 0.519. The molecule has 2 aromatic carbocycles. The number of alkyl halides is 3. The van der Waals surface area contributed by atoms with Crippen molar-refractivity contribution < 1.29 is 27.4 Å². The van der Waals surface area contributed by atoms with Crippen LogP contribution in [0.15, 0.2) is 48.5 Å². The Hall–Kier alpha value is -2.50. The fourth-order valence-corrected chi connectivity index (χ4v) is 3.49. The molecule has 6 heteroatoms. The predicted octanol–water partition coefficient (Wildman–Crippen LogP) is 8.37. The molecular formula is C27H35F3O3. The normalized spacial score (nSPS) is 13.4. The monoisotopic (exact) mass is 464 g/mol. The van der Waals surface area contributed by atoms with Gasteiger partial charge < -0.3 is 9.47 Å². The third kappa shape index (κ3) is 7.79. The maximum absolute atomic E-state index is 13.6. The van der Waals surface area contributed by atoms with Gasteiger partial charge in [-0.2, -0.15) is 13.2 Å². The number of benzene rings is 2. The summed E-state index contributed by atoms with van der Waals surface area (Å²) in [6.07, 6.45) is 1.36. The second-order valence-electron chi connectivity index (χ2n) is 8.63. The summed E-state index contributed by atoms with van der Waals surface area (Å²) in [5, 5.41) is 0. The van der Waals surface area contributed by atoms with E-state index in [4.69, 9.17) is 9.47 Å². The van der Waals surface area contributed by atoms with Gasteiger partial charge in [0.25, 0.3) is 0 Å². The summed E-state index contributed by atoms with van der Waals surface area (Å²) in [5.41, 5.74) is -0.718. The Morgan fingerprint density at radius 2 is 1.27 bits per heavy atom. The first-order valence-corrected chi connectivity index (χ1v) is 11.8. The molecule has 182 valence electrons. The highest BCUT2D eigenvalue weighted by Crippen LogP contribution is 2.43. The van der Waals surface area contributed by atoms with Crippen LogP contribution in [0.25, 0.3) is 11.1 Å². The summed E-state index contributed by atoms with van der Waals surface area (Å²) in [4.78, 5) is 12.5. The van der Waals surface area contributed by atoms with Crippen molar-refractivity contribution >= 4 is 5.97 Å². The molecule has 0 aliphatic carbocycles. The second kappa shape index (κ2) is 12.7. The summed E-state index contributed by atoms with van der Waals surface area (Å²) in [6.45, 7) is 5.69. The Labute approximate surface area is 195 Å². The zero-order valence-corrected chi connectivity index (χ0v) is 19.8. The van der Waals surface area contributed by atoms with E-state index in [2.05, 4.69) is 6.92 Å². The average molecular weight is 465 g/mol. The number of ether oxygens (including phenoxy) is 2. The largest absolute Gasteiger partial charge is 0.494 e. The second-order valence-corrected chi connectivity index (χ2v) is 8.63. The molecule has 3 nitrogen and oxygen atoms in total. The average Bonchev–Trinajstić information content (AvgIpc) is 2.79. The van der Waals surface area contributed by atoms with Crippen molar-refractivity contribution in [2.24, 2.45) is 5.41 Å². The lowest BCUT2D eigenvalue weighted by atomic mass is 9.84. The van der Waals surface area contributed by atoms with Crippen molar-refractivity contribution in [1.82, 2.24) is 0 Å². The van der Waals surface area contributed by atoms with Crippen LogP contribution < -0.4 is 9.47 Å². The van der Waals surface area contributed by atoms with Gasteiger partial charge in [-0.15, -0.1) is 0 Å². The minimum Gasteiger partial charge on any atom is -0.494 e. The maximum Gasteiger partial charge on any atom is 0.404 e. The van der Waals surface area contributed by atoms with Crippen molar-refractivity contribution in [2.75, 3.05) is 6.61 Å². The SMILES string of the molecule is CCCCCCOc1ccc(-c2ccc(OC(=O)C(C)(CCCCC)C(F)(F)F)cc2)cc1. The van der Waals surface area contributed by atoms with Gasteiger partial charge in [0.2, 0.25) is 0 Å². The highest BCUT2D eigenvalue weighted by Gasteiger charge is 2.57. The lowest BCUT2D eigenvalue weighted by Crippen LogP contribution is -2.45. The Bertz CT molecular complexity index is 844. The number of carbonyl (C=O) groups is 1. The van der Waals surface area contributed by atoms with E-state index in [1.807, 2.05) is 31.2 Å². The maximum atomic E-state index is 13.6. The van der Waals surface area contributed by atoms with E-state index in [0.29, 0.717) is 19.4 Å². The molecule has 33 heavy (non-hydrogen) atoms. The molecule has 0 saturated carbocycles. The lowest BCUT2D eigenvalue weighted by molar-refractivity contribution is -0.226. The third-order valence-corrected chi connectivity index (χ3v) is 5.88. The van der Waals surface area contributed by atoms with Crippen molar-refractivity contribution in [2.45, 2.75) is 78.3 Å². The van der Waals surface area contributed by atoms with Crippen molar-refractivity contribution in [1.29, 1.82) is 0 Å². The van der Waals surface area contributed by atoms with Crippen LogP contribution in [-0.2, 0) is 4.79 Å². The van der Waals surface area contributed by atoms with Crippen LogP contribution in [0.4, 0.5) is 13.2 Å². The van der Waals surface area contributed by atoms with Gasteiger partial charge >= 0.3 is 12.1 Å². The van der Waals surface area contributed by atoms with Gasteiger partial charge in [-0.25, -0.2) is 0 Å². The minimum atomic E-state index is -4.67. The van der Waals surface area contributed by atoms with Crippen LogP contribution in [0, 0.1) is 5.41 Å². The number of halogens is 3. The van der Waals surface area contributed by atoms with Crippen LogP contribution in [0.3, 0.4) is 0 Å². The van der Waals surface area contributed by atoms with Crippen LogP contribution in [0.5, 0.6) is 11.5 Å². The molecule has 0 aliphatic heterocycles. The lowest BCUT2D eigenvalue weighted by Gasteiger charge is -2.29. The van der Waals surface area contributed by atoms with Gasteiger partial charge in [-0.3, -0.25) is 4.79 Å². The molecule has 1 atom stereocenters. The Morgan fingerprint density at radius 3 is 1.79 bits per heavy atom. The Morgan fingerprint density at radius 1 is 0.758 bits per heavy atom. The van der Waals surface area contributed by atoms with E-state index in [9.17, 15) is 18.0 Å². The number of hydrogen-bond acceptors (Lipinski definition) is 3.